The number of nitrogen functional groups attached to an aromatic ring is 1. The topological polar surface area (TPSA) is 46.2 Å². The second-order valence-electron chi connectivity index (χ2n) is 4.31. The highest BCUT2D eigenvalue weighted by Crippen LogP contribution is 2.48. The lowest BCUT2D eigenvalue weighted by atomic mass is 10.0. The van der Waals surface area contributed by atoms with E-state index in [0.717, 1.165) is 4.88 Å². The molecule has 3 N–H and O–H groups in total. The number of benzene rings is 1. The summed E-state index contributed by atoms with van der Waals surface area (Å²) >= 11 is 7.23. The molecular formula is C13H13ClFNOS. The molecule has 5 heteroatoms. The molecule has 1 aromatic heterocycles. The molecule has 0 saturated carbocycles. The van der Waals surface area contributed by atoms with Gasteiger partial charge in [0.2, 0.25) is 0 Å². The highest BCUT2D eigenvalue weighted by Gasteiger charge is 2.21. The quantitative estimate of drug-likeness (QED) is 0.846. The fourth-order valence-corrected chi connectivity index (χ4v) is 3.01. The van der Waals surface area contributed by atoms with Crippen LogP contribution in [0.1, 0.15) is 24.6 Å². The predicted octanol–water partition coefficient (Wildman–Crippen LogP) is 4.62. The summed E-state index contributed by atoms with van der Waals surface area (Å²) in [6.07, 6.45) is 0. The van der Waals surface area contributed by atoms with E-state index in [2.05, 4.69) is 0 Å². The molecule has 2 rings (SSSR count). The van der Waals surface area contributed by atoms with E-state index in [9.17, 15) is 9.50 Å². The lowest BCUT2D eigenvalue weighted by Gasteiger charge is -2.06. The molecule has 0 radical (unpaired) electrons. The molecule has 0 fully saturated rings. The summed E-state index contributed by atoms with van der Waals surface area (Å²) in [6.45, 7) is 3.92. The SMILES string of the molecule is CC(C)c1sc(N)c(-c2cccc(F)c2Cl)c1O. The molecule has 18 heavy (non-hydrogen) atoms. The van der Waals surface area contributed by atoms with Crippen molar-refractivity contribution in [2.45, 2.75) is 19.8 Å². The van der Waals surface area contributed by atoms with Crippen LogP contribution in [-0.4, -0.2) is 5.11 Å². The van der Waals surface area contributed by atoms with Gasteiger partial charge in [0, 0.05) is 5.56 Å². The van der Waals surface area contributed by atoms with Crippen LogP contribution in [0.5, 0.6) is 5.75 Å². The standard InChI is InChI=1S/C13H13ClFNOS/c1-6(2)12-11(17)9(13(16)18-12)7-4-3-5-8(15)10(7)14/h3-6,17H,16H2,1-2H3. The van der Waals surface area contributed by atoms with Gasteiger partial charge in [0.05, 0.1) is 20.5 Å². The van der Waals surface area contributed by atoms with E-state index in [1.165, 1.54) is 17.4 Å². The molecule has 0 saturated heterocycles. The van der Waals surface area contributed by atoms with Crippen LogP contribution in [0.2, 0.25) is 5.02 Å². The van der Waals surface area contributed by atoms with Crippen LogP contribution >= 0.6 is 22.9 Å². The monoisotopic (exact) mass is 285 g/mol. The average molecular weight is 286 g/mol. The van der Waals surface area contributed by atoms with Crippen molar-refractivity contribution in [1.82, 2.24) is 0 Å². The Kier molecular flexibility index (Phi) is 3.50. The first-order chi connectivity index (χ1) is 8.43. The third kappa shape index (κ3) is 2.06. The van der Waals surface area contributed by atoms with Crippen LogP contribution < -0.4 is 5.73 Å². The van der Waals surface area contributed by atoms with Gasteiger partial charge in [-0.25, -0.2) is 4.39 Å². The largest absolute Gasteiger partial charge is 0.506 e. The summed E-state index contributed by atoms with van der Waals surface area (Å²) in [4.78, 5) is 0.780. The van der Waals surface area contributed by atoms with E-state index < -0.39 is 5.82 Å². The van der Waals surface area contributed by atoms with Gasteiger partial charge in [0.15, 0.2) is 0 Å². The van der Waals surface area contributed by atoms with Gasteiger partial charge >= 0.3 is 0 Å². The predicted molar refractivity (Wildman–Crippen MR) is 74.9 cm³/mol. The molecule has 0 aliphatic rings. The van der Waals surface area contributed by atoms with Crippen molar-refractivity contribution in [3.63, 3.8) is 0 Å². The number of rotatable bonds is 2. The molecule has 0 bridgehead atoms. The molecule has 2 nitrogen and oxygen atoms in total. The maximum Gasteiger partial charge on any atom is 0.142 e. The molecule has 0 atom stereocenters. The molecule has 0 spiro atoms. The zero-order valence-corrected chi connectivity index (χ0v) is 11.6. The van der Waals surface area contributed by atoms with E-state index in [-0.39, 0.29) is 16.7 Å². The zero-order valence-electron chi connectivity index (χ0n) is 10.00. The molecule has 0 amide bonds. The molecule has 96 valence electrons. The van der Waals surface area contributed by atoms with E-state index in [4.69, 9.17) is 17.3 Å². The van der Waals surface area contributed by atoms with Crippen LogP contribution in [-0.2, 0) is 0 Å². The fourth-order valence-electron chi connectivity index (χ4n) is 1.81. The Balaban J connectivity index is 2.68. The number of nitrogens with two attached hydrogens (primary N) is 1. The van der Waals surface area contributed by atoms with Gasteiger partial charge < -0.3 is 10.8 Å². The van der Waals surface area contributed by atoms with Gasteiger partial charge in [-0.15, -0.1) is 11.3 Å². The Morgan fingerprint density at radius 1 is 1.39 bits per heavy atom. The fraction of sp³-hybridized carbons (Fsp3) is 0.231. The number of aromatic hydroxyl groups is 1. The number of thiophene rings is 1. The Hall–Kier alpha value is -1.26. The second-order valence-corrected chi connectivity index (χ2v) is 5.77. The summed E-state index contributed by atoms with van der Waals surface area (Å²) in [5.41, 5.74) is 6.76. The normalized spacial score (nSPS) is 11.2. The van der Waals surface area contributed by atoms with Crippen molar-refractivity contribution in [2.24, 2.45) is 0 Å². The van der Waals surface area contributed by atoms with Crippen LogP contribution in [0, 0.1) is 5.82 Å². The van der Waals surface area contributed by atoms with Crippen LogP contribution in [0.15, 0.2) is 18.2 Å². The van der Waals surface area contributed by atoms with Crippen molar-refractivity contribution >= 4 is 27.9 Å². The highest BCUT2D eigenvalue weighted by molar-refractivity contribution is 7.17. The van der Waals surface area contributed by atoms with E-state index in [1.807, 2.05) is 13.8 Å². The summed E-state index contributed by atoms with van der Waals surface area (Å²) in [7, 11) is 0. The lowest BCUT2D eigenvalue weighted by Crippen LogP contribution is -1.87. The van der Waals surface area contributed by atoms with Crippen LogP contribution in [0.4, 0.5) is 9.39 Å². The Labute approximate surface area is 114 Å². The van der Waals surface area contributed by atoms with Gasteiger partial charge in [-0.1, -0.05) is 37.6 Å². The Bertz CT molecular complexity index is 595. The van der Waals surface area contributed by atoms with Gasteiger partial charge in [-0.2, -0.15) is 0 Å². The maximum absolute atomic E-state index is 13.4. The van der Waals surface area contributed by atoms with Crippen LogP contribution in [0.25, 0.3) is 11.1 Å². The molecule has 1 heterocycles. The van der Waals surface area contributed by atoms with Gasteiger partial charge in [-0.05, 0) is 12.0 Å². The number of hydrogen-bond donors (Lipinski definition) is 2. The van der Waals surface area contributed by atoms with Gasteiger partial charge in [0.25, 0.3) is 0 Å². The molecule has 0 aliphatic carbocycles. The Morgan fingerprint density at radius 3 is 2.61 bits per heavy atom. The first-order valence-electron chi connectivity index (χ1n) is 5.49. The lowest BCUT2D eigenvalue weighted by molar-refractivity contribution is 0.471. The summed E-state index contributed by atoms with van der Waals surface area (Å²) in [5, 5.41) is 10.6. The first kappa shape index (κ1) is 13.2. The maximum atomic E-state index is 13.4. The summed E-state index contributed by atoms with van der Waals surface area (Å²) < 4.78 is 13.4. The highest BCUT2D eigenvalue weighted by atomic mass is 35.5. The number of anilines is 1. The number of hydrogen-bond acceptors (Lipinski definition) is 3. The molecule has 0 aliphatic heterocycles. The average Bonchev–Trinajstić information content (AvgIpc) is 2.59. The third-order valence-electron chi connectivity index (χ3n) is 2.68. The summed E-state index contributed by atoms with van der Waals surface area (Å²) in [5.74, 6) is -0.274. The zero-order chi connectivity index (χ0) is 13.4. The Morgan fingerprint density at radius 2 is 2.06 bits per heavy atom. The molecule has 1 aromatic carbocycles. The molecular weight excluding hydrogens is 273 g/mol. The minimum Gasteiger partial charge on any atom is -0.506 e. The van der Waals surface area contributed by atoms with Crippen molar-refractivity contribution in [2.75, 3.05) is 5.73 Å². The van der Waals surface area contributed by atoms with Gasteiger partial charge in [-0.3, -0.25) is 0 Å². The number of halogens is 2. The van der Waals surface area contributed by atoms with E-state index >= 15 is 0 Å². The van der Waals surface area contributed by atoms with Crippen molar-refractivity contribution < 1.29 is 9.50 Å². The van der Waals surface area contributed by atoms with Crippen molar-refractivity contribution in [3.8, 4) is 16.9 Å². The molecule has 2 aromatic rings. The minimum absolute atomic E-state index is 0.0207. The first-order valence-corrected chi connectivity index (χ1v) is 6.68. The van der Waals surface area contributed by atoms with Crippen LogP contribution in [0.3, 0.4) is 0 Å². The van der Waals surface area contributed by atoms with E-state index in [0.29, 0.717) is 16.1 Å². The smallest absolute Gasteiger partial charge is 0.142 e. The summed E-state index contributed by atoms with van der Waals surface area (Å²) in [6, 6.07) is 4.46. The van der Waals surface area contributed by atoms with E-state index in [1.54, 1.807) is 12.1 Å². The minimum atomic E-state index is -0.523. The van der Waals surface area contributed by atoms with Gasteiger partial charge in [0.1, 0.15) is 11.6 Å². The molecule has 0 unspecified atom stereocenters. The van der Waals surface area contributed by atoms with Crippen molar-refractivity contribution in [3.05, 3.63) is 33.9 Å². The second kappa shape index (κ2) is 4.78. The van der Waals surface area contributed by atoms with Crippen molar-refractivity contribution in [1.29, 1.82) is 0 Å². The third-order valence-corrected chi connectivity index (χ3v) is 4.37.